The fourth-order valence-electron chi connectivity index (χ4n) is 2.32. The van der Waals surface area contributed by atoms with E-state index < -0.39 is 5.97 Å². The number of carboxylic acids is 1. The largest absolute Gasteiger partial charge is 0.478 e. The Morgan fingerprint density at radius 1 is 1.43 bits per heavy atom. The Kier molecular flexibility index (Phi) is 4.83. The molecule has 1 aliphatic rings. The molecule has 1 unspecified atom stereocenters. The van der Waals surface area contributed by atoms with Gasteiger partial charge in [-0.2, -0.15) is 0 Å². The number of pyridine rings is 1. The first kappa shape index (κ1) is 15.8. The second kappa shape index (κ2) is 6.43. The van der Waals surface area contributed by atoms with Crippen LogP contribution in [0.15, 0.2) is 12.1 Å². The molecule has 5 heteroatoms. The van der Waals surface area contributed by atoms with E-state index in [9.17, 15) is 9.90 Å². The van der Waals surface area contributed by atoms with Gasteiger partial charge >= 0.3 is 5.97 Å². The minimum atomic E-state index is -0.931. The van der Waals surface area contributed by atoms with Crippen LogP contribution in [-0.4, -0.2) is 35.3 Å². The summed E-state index contributed by atoms with van der Waals surface area (Å²) in [6.45, 7) is 7.54. The van der Waals surface area contributed by atoms with Crippen molar-refractivity contribution >= 4 is 11.8 Å². The summed E-state index contributed by atoms with van der Waals surface area (Å²) in [6.07, 6.45) is 3.53. The molecule has 0 spiro atoms. The zero-order valence-electron chi connectivity index (χ0n) is 13.0. The van der Waals surface area contributed by atoms with Gasteiger partial charge in [0.1, 0.15) is 5.82 Å². The monoisotopic (exact) mass is 292 g/mol. The molecule has 1 aliphatic heterocycles. The highest BCUT2D eigenvalue weighted by Crippen LogP contribution is 2.23. The van der Waals surface area contributed by atoms with Crippen molar-refractivity contribution in [3.63, 3.8) is 0 Å². The van der Waals surface area contributed by atoms with E-state index in [0.29, 0.717) is 12.4 Å². The fourth-order valence-corrected chi connectivity index (χ4v) is 2.32. The number of nitrogens with one attached hydrogen (secondary N) is 1. The number of anilines is 1. The van der Waals surface area contributed by atoms with E-state index in [-0.39, 0.29) is 17.1 Å². The van der Waals surface area contributed by atoms with Crippen molar-refractivity contribution < 1.29 is 14.6 Å². The SMILES string of the molecule is CC(C)(C)c1cc(C(=O)O)cc(NCC2CCCCO2)n1. The smallest absolute Gasteiger partial charge is 0.335 e. The standard InChI is InChI=1S/C16H24N2O3/c1-16(2,3)13-8-11(15(19)20)9-14(18-13)17-10-12-6-4-5-7-21-12/h8-9,12H,4-7,10H2,1-3H3,(H,17,18)(H,19,20). The van der Waals surface area contributed by atoms with E-state index in [0.717, 1.165) is 25.1 Å². The highest BCUT2D eigenvalue weighted by molar-refractivity contribution is 5.88. The molecular weight excluding hydrogens is 268 g/mol. The van der Waals surface area contributed by atoms with Gasteiger partial charge in [-0.3, -0.25) is 0 Å². The molecule has 116 valence electrons. The van der Waals surface area contributed by atoms with Crippen molar-refractivity contribution in [1.29, 1.82) is 0 Å². The summed E-state index contributed by atoms with van der Waals surface area (Å²) in [5.74, 6) is -0.325. The molecule has 2 N–H and O–H groups in total. The molecular formula is C16H24N2O3. The Morgan fingerprint density at radius 3 is 2.76 bits per heavy atom. The zero-order chi connectivity index (χ0) is 15.5. The lowest BCUT2D eigenvalue weighted by molar-refractivity contribution is 0.0247. The predicted octanol–water partition coefficient (Wildman–Crippen LogP) is 3.06. The summed E-state index contributed by atoms with van der Waals surface area (Å²) in [5.41, 5.74) is 0.847. The number of carboxylic acid groups (broad SMARTS) is 1. The lowest BCUT2D eigenvalue weighted by Gasteiger charge is -2.24. The fraction of sp³-hybridized carbons (Fsp3) is 0.625. The first-order valence-electron chi connectivity index (χ1n) is 7.47. The molecule has 21 heavy (non-hydrogen) atoms. The third kappa shape index (κ3) is 4.43. The molecule has 1 fully saturated rings. The highest BCUT2D eigenvalue weighted by atomic mass is 16.5. The van der Waals surface area contributed by atoms with Gasteiger partial charge in [-0.1, -0.05) is 20.8 Å². The summed E-state index contributed by atoms with van der Waals surface area (Å²) >= 11 is 0. The van der Waals surface area contributed by atoms with E-state index >= 15 is 0 Å². The first-order valence-corrected chi connectivity index (χ1v) is 7.47. The van der Waals surface area contributed by atoms with Gasteiger partial charge in [-0.25, -0.2) is 9.78 Å². The van der Waals surface area contributed by atoms with Crippen LogP contribution in [0.25, 0.3) is 0 Å². The summed E-state index contributed by atoms with van der Waals surface area (Å²) in [6, 6.07) is 3.23. The number of hydrogen-bond donors (Lipinski definition) is 2. The van der Waals surface area contributed by atoms with E-state index in [4.69, 9.17) is 4.74 Å². The van der Waals surface area contributed by atoms with Crippen LogP contribution in [0.3, 0.4) is 0 Å². The summed E-state index contributed by atoms with van der Waals surface area (Å²) in [7, 11) is 0. The van der Waals surface area contributed by atoms with E-state index in [1.54, 1.807) is 12.1 Å². The number of ether oxygens (including phenoxy) is 1. The van der Waals surface area contributed by atoms with Gasteiger partial charge in [-0.15, -0.1) is 0 Å². The molecule has 0 amide bonds. The molecule has 0 aliphatic carbocycles. The van der Waals surface area contributed by atoms with Crippen molar-refractivity contribution in [2.45, 2.75) is 51.6 Å². The Morgan fingerprint density at radius 2 is 2.19 bits per heavy atom. The third-order valence-corrected chi connectivity index (χ3v) is 3.63. The summed E-state index contributed by atoms with van der Waals surface area (Å²) in [4.78, 5) is 15.8. The summed E-state index contributed by atoms with van der Waals surface area (Å²) in [5, 5.41) is 12.5. The molecule has 1 saturated heterocycles. The summed E-state index contributed by atoms with van der Waals surface area (Å²) < 4.78 is 5.67. The minimum Gasteiger partial charge on any atom is -0.478 e. The van der Waals surface area contributed by atoms with Crippen LogP contribution in [-0.2, 0) is 10.2 Å². The number of carbonyl (C=O) groups is 1. The molecule has 0 aromatic carbocycles. The molecule has 5 nitrogen and oxygen atoms in total. The van der Waals surface area contributed by atoms with E-state index in [1.807, 2.05) is 20.8 Å². The van der Waals surface area contributed by atoms with Crippen LogP contribution in [0.2, 0.25) is 0 Å². The Labute approximate surface area is 125 Å². The number of aromatic carboxylic acids is 1. The molecule has 1 atom stereocenters. The van der Waals surface area contributed by atoms with E-state index in [1.165, 1.54) is 6.42 Å². The number of nitrogens with zero attached hydrogens (tertiary/aromatic N) is 1. The van der Waals surface area contributed by atoms with Crippen LogP contribution in [0.1, 0.15) is 56.1 Å². The predicted molar refractivity (Wildman–Crippen MR) is 82.0 cm³/mol. The second-order valence-electron chi connectivity index (χ2n) is 6.55. The lowest BCUT2D eigenvalue weighted by atomic mass is 9.91. The number of rotatable bonds is 4. The molecule has 0 radical (unpaired) electrons. The molecule has 0 bridgehead atoms. The van der Waals surface area contributed by atoms with Gasteiger partial charge in [0.15, 0.2) is 0 Å². The quantitative estimate of drug-likeness (QED) is 0.892. The number of aromatic nitrogens is 1. The maximum absolute atomic E-state index is 11.3. The normalized spacial score (nSPS) is 19.3. The van der Waals surface area contributed by atoms with Gasteiger partial charge in [0.2, 0.25) is 0 Å². The molecule has 1 aromatic rings. The average Bonchev–Trinajstić information content (AvgIpc) is 2.45. The Balaban J connectivity index is 2.13. The molecule has 2 heterocycles. The van der Waals surface area contributed by atoms with Crippen LogP contribution in [0.5, 0.6) is 0 Å². The minimum absolute atomic E-state index is 0.187. The van der Waals surface area contributed by atoms with Gasteiger partial charge < -0.3 is 15.2 Å². The maximum Gasteiger partial charge on any atom is 0.335 e. The van der Waals surface area contributed by atoms with Crippen molar-refractivity contribution in [2.75, 3.05) is 18.5 Å². The average molecular weight is 292 g/mol. The van der Waals surface area contributed by atoms with Crippen molar-refractivity contribution in [3.8, 4) is 0 Å². The van der Waals surface area contributed by atoms with Crippen LogP contribution >= 0.6 is 0 Å². The topological polar surface area (TPSA) is 71.5 Å². The zero-order valence-corrected chi connectivity index (χ0v) is 13.0. The molecule has 2 rings (SSSR count). The van der Waals surface area contributed by atoms with Gasteiger partial charge in [-0.05, 0) is 31.4 Å². The third-order valence-electron chi connectivity index (χ3n) is 3.63. The van der Waals surface area contributed by atoms with Crippen molar-refractivity contribution in [1.82, 2.24) is 4.98 Å². The van der Waals surface area contributed by atoms with Crippen molar-refractivity contribution in [3.05, 3.63) is 23.4 Å². The maximum atomic E-state index is 11.3. The molecule has 0 saturated carbocycles. The Hall–Kier alpha value is -1.62. The van der Waals surface area contributed by atoms with Crippen LogP contribution in [0.4, 0.5) is 5.82 Å². The Bertz CT molecular complexity index is 503. The molecule has 1 aromatic heterocycles. The van der Waals surface area contributed by atoms with Gasteiger partial charge in [0.25, 0.3) is 0 Å². The van der Waals surface area contributed by atoms with Crippen LogP contribution in [0, 0.1) is 0 Å². The van der Waals surface area contributed by atoms with Gasteiger partial charge in [0.05, 0.1) is 11.7 Å². The lowest BCUT2D eigenvalue weighted by Crippen LogP contribution is -2.27. The second-order valence-corrected chi connectivity index (χ2v) is 6.55. The highest BCUT2D eigenvalue weighted by Gasteiger charge is 2.20. The first-order chi connectivity index (χ1) is 9.86. The van der Waals surface area contributed by atoms with Crippen LogP contribution < -0.4 is 5.32 Å². The number of hydrogen-bond acceptors (Lipinski definition) is 4. The van der Waals surface area contributed by atoms with Crippen molar-refractivity contribution in [2.24, 2.45) is 0 Å². The van der Waals surface area contributed by atoms with Gasteiger partial charge in [0, 0.05) is 24.3 Å². The van der Waals surface area contributed by atoms with E-state index in [2.05, 4.69) is 10.3 Å².